The van der Waals surface area contributed by atoms with Crippen molar-refractivity contribution in [3.05, 3.63) is 103 Å². The van der Waals surface area contributed by atoms with Crippen LogP contribution in [-0.2, 0) is 14.3 Å². The van der Waals surface area contributed by atoms with Gasteiger partial charge in [0.05, 0.1) is 0 Å². The Morgan fingerprint density at radius 1 is 0.840 bits per heavy atom. The van der Waals surface area contributed by atoms with Gasteiger partial charge in [-0.3, -0.25) is 4.98 Å². The highest BCUT2D eigenvalue weighted by molar-refractivity contribution is 7.86. The van der Waals surface area contributed by atoms with Crippen molar-refractivity contribution < 1.29 is 12.6 Å². The molecule has 0 N–H and O–H groups in total. The van der Waals surface area contributed by atoms with Crippen molar-refractivity contribution >= 4 is 16.2 Å². The minimum absolute atomic E-state index is 0.149. The number of hydrogen-bond acceptors (Lipinski definition) is 4. The van der Waals surface area contributed by atoms with Crippen molar-refractivity contribution in [2.75, 3.05) is 0 Å². The lowest BCUT2D eigenvalue weighted by Crippen LogP contribution is -2.01. The van der Waals surface area contributed by atoms with Gasteiger partial charge in [-0.15, -0.1) is 0 Å². The van der Waals surface area contributed by atoms with E-state index >= 15 is 0 Å². The summed E-state index contributed by atoms with van der Waals surface area (Å²) >= 11 is 0. The molecule has 0 amide bonds. The number of benzene rings is 2. The Balaban J connectivity index is 0.000000316. The van der Waals surface area contributed by atoms with E-state index in [0.717, 1.165) is 11.1 Å². The SMILES string of the molecule is Cc1ccc(S(=O)(=O)OC=Cc2ccccc2)cc1.c1ccncc1. The van der Waals surface area contributed by atoms with Crippen LogP contribution in [0.2, 0.25) is 0 Å². The topological polar surface area (TPSA) is 56.3 Å². The summed E-state index contributed by atoms with van der Waals surface area (Å²) in [6.07, 6.45) is 6.29. The molecule has 0 aliphatic carbocycles. The minimum Gasteiger partial charge on any atom is -0.387 e. The third kappa shape index (κ3) is 6.61. The van der Waals surface area contributed by atoms with Gasteiger partial charge in [-0.2, -0.15) is 8.42 Å². The second-order valence-electron chi connectivity index (χ2n) is 5.10. The summed E-state index contributed by atoms with van der Waals surface area (Å²) in [7, 11) is -3.73. The summed E-state index contributed by atoms with van der Waals surface area (Å²) in [5.74, 6) is 0. The average molecular weight is 353 g/mol. The lowest BCUT2D eigenvalue weighted by molar-refractivity contribution is 0.446. The van der Waals surface area contributed by atoms with Gasteiger partial charge in [0.25, 0.3) is 0 Å². The molecule has 0 atom stereocenters. The van der Waals surface area contributed by atoms with Gasteiger partial charge in [-0.25, -0.2) is 0 Å². The predicted molar refractivity (Wildman–Crippen MR) is 99.2 cm³/mol. The number of aryl methyl sites for hydroxylation is 1. The van der Waals surface area contributed by atoms with Crippen LogP contribution in [0.1, 0.15) is 11.1 Å². The fourth-order valence-corrected chi connectivity index (χ4v) is 2.60. The number of rotatable bonds is 4. The molecule has 3 aromatic rings. The second-order valence-corrected chi connectivity index (χ2v) is 6.67. The summed E-state index contributed by atoms with van der Waals surface area (Å²) in [6, 6.07) is 21.6. The van der Waals surface area contributed by atoms with Gasteiger partial charge in [0, 0.05) is 12.4 Å². The Morgan fingerprint density at radius 3 is 1.96 bits per heavy atom. The van der Waals surface area contributed by atoms with Crippen LogP contribution in [-0.4, -0.2) is 13.4 Å². The molecule has 0 aliphatic rings. The van der Waals surface area contributed by atoms with E-state index in [-0.39, 0.29) is 4.90 Å². The van der Waals surface area contributed by atoms with Crippen molar-refractivity contribution in [1.29, 1.82) is 0 Å². The van der Waals surface area contributed by atoms with Crippen LogP contribution < -0.4 is 0 Å². The highest BCUT2D eigenvalue weighted by atomic mass is 32.2. The molecular weight excluding hydrogens is 334 g/mol. The Bertz CT molecular complexity index is 849. The van der Waals surface area contributed by atoms with Crippen LogP contribution in [0.25, 0.3) is 6.08 Å². The summed E-state index contributed by atoms with van der Waals surface area (Å²) in [4.78, 5) is 3.93. The molecule has 25 heavy (non-hydrogen) atoms. The highest BCUT2D eigenvalue weighted by Crippen LogP contribution is 2.14. The van der Waals surface area contributed by atoms with Crippen molar-refractivity contribution in [3.8, 4) is 0 Å². The largest absolute Gasteiger partial charge is 0.387 e. The molecule has 0 fully saturated rings. The monoisotopic (exact) mass is 353 g/mol. The van der Waals surface area contributed by atoms with E-state index in [1.165, 1.54) is 18.4 Å². The van der Waals surface area contributed by atoms with Crippen molar-refractivity contribution in [2.24, 2.45) is 0 Å². The zero-order valence-corrected chi connectivity index (χ0v) is 14.6. The first-order chi connectivity index (χ1) is 12.1. The summed E-state index contributed by atoms with van der Waals surface area (Å²) in [5.41, 5.74) is 1.88. The average Bonchev–Trinajstić information content (AvgIpc) is 2.65. The van der Waals surface area contributed by atoms with E-state index in [1.807, 2.05) is 55.5 Å². The second kappa shape index (κ2) is 9.39. The maximum Gasteiger partial charge on any atom is 0.338 e. The summed E-state index contributed by atoms with van der Waals surface area (Å²) < 4.78 is 28.6. The van der Waals surface area contributed by atoms with Crippen LogP contribution in [0.4, 0.5) is 0 Å². The first kappa shape index (κ1) is 18.4. The number of aromatic nitrogens is 1. The van der Waals surface area contributed by atoms with Gasteiger partial charge in [-0.1, -0.05) is 54.1 Å². The van der Waals surface area contributed by atoms with Gasteiger partial charge >= 0.3 is 10.1 Å². The maximum absolute atomic E-state index is 11.9. The van der Waals surface area contributed by atoms with Crippen molar-refractivity contribution in [2.45, 2.75) is 11.8 Å². The molecule has 1 aromatic heterocycles. The van der Waals surface area contributed by atoms with Gasteiger partial charge < -0.3 is 4.18 Å². The Kier molecular flexibility index (Phi) is 6.92. The van der Waals surface area contributed by atoms with E-state index in [2.05, 4.69) is 4.98 Å². The fourth-order valence-electron chi connectivity index (χ4n) is 1.82. The molecule has 0 saturated carbocycles. The number of pyridine rings is 1. The number of nitrogens with zero attached hydrogens (tertiary/aromatic N) is 1. The van der Waals surface area contributed by atoms with E-state index in [4.69, 9.17) is 4.18 Å². The van der Waals surface area contributed by atoms with E-state index in [0.29, 0.717) is 0 Å². The van der Waals surface area contributed by atoms with Crippen LogP contribution >= 0.6 is 0 Å². The van der Waals surface area contributed by atoms with Crippen LogP contribution in [0.3, 0.4) is 0 Å². The van der Waals surface area contributed by atoms with Gasteiger partial charge in [0.2, 0.25) is 0 Å². The normalized spacial score (nSPS) is 10.8. The first-order valence-corrected chi connectivity index (χ1v) is 9.05. The molecule has 2 aromatic carbocycles. The van der Waals surface area contributed by atoms with Crippen LogP contribution in [0.5, 0.6) is 0 Å². The molecule has 0 unspecified atom stereocenters. The Morgan fingerprint density at radius 2 is 1.44 bits per heavy atom. The lowest BCUT2D eigenvalue weighted by atomic mass is 10.2. The molecule has 5 heteroatoms. The third-order valence-corrected chi connectivity index (χ3v) is 4.33. The Hall–Kier alpha value is -2.92. The first-order valence-electron chi connectivity index (χ1n) is 7.64. The molecule has 3 rings (SSSR count). The molecule has 0 aliphatic heterocycles. The van der Waals surface area contributed by atoms with Gasteiger partial charge in [0.15, 0.2) is 0 Å². The molecule has 128 valence electrons. The van der Waals surface area contributed by atoms with Crippen molar-refractivity contribution in [3.63, 3.8) is 0 Å². The summed E-state index contributed by atoms with van der Waals surface area (Å²) in [6.45, 7) is 1.90. The molecule has 0 bridgehead atoms. The van der Waals surface area contributed by atoms with Crippen LogP contribution in [0.15, 0.2) is 96.3 Å². The van der Waals surface area contributed by atoms with Gasteiger partial charge in [-0.05, 0) is 42.8 Å². The van der Waals surface area contributed by atoms with Crippen molar-refractivity contribution in [1.82, 2.24) is 4.98 Å². The molecular formula is C20H19NO3S. The maximum atomic E-state index is 11.9. The van der Waals surface area contributed by atoms with E-state index in [9.17, 15) is 8.42 Å². The van der Waals surface area contributed by atoms with Gasteiger partial charge in [0.1, 0.15) is 11.2 Å². The summed E-state index contributed by atoms with van der Waals surface area (Å²) in [5, 5.41) is 0. The molecule has 4 nitrogen and oxygen atoms in total. The van der Waals surface area contributed by atoms with E-state index in [1.54, 1.807) is 30.6 Å². The fraction of sp³-hybridized carbons (Fsp3) is 0.0500. The molecule has 0 saturated heterocycles. The zero-order chi connectivity index (χ0) is 18.0. The quantitative estimate of drug-likeness (QED) is 0.513. The van der Waals surface area contributed by atoms with E-state index < -0.39 is 10.1 Å². The zero-order valence-electron chi connectivity index (χ0n) is 13.8. The highest BCUT2D eigenvalue weighted by Gasteiger charge is 2.13. The number of hydrogen-bond donors (Lipinski definition) is 0. The Labute approximate surface area is 148 Å². The molecule has 0 radical (unpaired) electrons. The minimum atomic E-state index is -3.73. The molecule has 1 heterocycles. The predicted octanol–water partition coefficient (Wildman–Crippen LogP) is 4.45. The smallest absolute Gasteiger partial charge is 0.338 e. The molecule has 0 spiro atoms. The lowest BCUT2D eigenvalue weighted by Gasteiger charge is -2.03. The van der Waals surface area contributed by atoms with Crippen LogP contribution in [0, 0.1) is 6.92 Å². The standard InChI is InChI=1S/C15H14O3S.C5H5N/c1-13-7-9-15(10-8-13)19(16,17)18-12-11-14-5-3-2-4-6-14;1-2-4-6-5-3-1/h2-12H,1H3;1-5H. The third-order valence-electron chi connectivity index (χ3n) is 3.12.